The van der Waals surface area contributed by atoms with Crippen LogP contribution in [0.25, 0.3) is 5.76 Å². The van der Waals surface area contributed by atoms with Crippen molar-refractivity contribution in [3.8, 4) is 5.75 Å². The van der Waals surface area contributed by atoms with Crippen molar-refractivity contribution in [2.24, 2.45) is 0 Å². The quantitative estimate of drug-likeness (QED) is 0.491. The molecule has 0 aliphatic heterocycles. The largest absolute Gasteiger partial charge is 0.507 e. The third-order valence-corrected chi connectivity index (χ3v) is 3.28. The number of methoxy groups -OCH3 is 1. The molecule has 0 saturated heterocycles. The zero-order valence-electron chi connectivity index (χ0n) is 12.5. The van der Waals surface area contributed by atoms with E-state index in [0.717, 1.165) is 18.2 Å². The fourth-order valence-electron chi connectivity index (χ4n) is 1.86. The third-order valence-electron chi connectivity index (χ3n) is 3.04. The molecule has 0 saturated carbocycles. The number of carbonyl (C=O) groups is 2. The van der Waals surface area contributed by atoms with Crippen molar-refractivity contribution in [2.75, 3.05) is 12.4 Å². The number of aliphatic hydroxyl groups excluding tert-OH is 1. The van der Waals surface area contributed by atoms with Crippen molar-refractivity contribution in [1.82, 2.24) is 0 Å². The predicted molar refractivity (Wildman–Crippen MR) is 88.6 cm³/mol. The number of anilines is 1. The zero-order valence-corrected chi connectivity index (χ0v) is 13.3. The van der Waals surface area contributed by atoms with Crippen LogP contribution in [0.1, 0.15) is 5.56 Å². The van der Waals surface area contributed by atoms with Crippen LogP contribution in [-0.4, -0.2) is 23.9 Å². The second-order valence-corrected chi connectivity index (χ2v) is 5.14. The highest BCUT2D eigenvalue weighted by Crippen LogP contribution is 2.27. The number of ketones is 1. The lowest BCUT2D eigenvalue weighted by Gasteiger charge is -2.09. The number of benzene rings is 2. The summed E-state index contributed by atoms with van der Waals surface area (Å²) in [7, 11) is 1.40. The Hall–Kier alpha value is -2.86. The van der Waals surface area contributed by atoms with E-state index in [9.17, 15) is 19.1 Å². The molecule has 0 heterocycles. The van der Waals surface area contributed by atoms with Gasteiger partial charge in [-0.05, 0) is 42.5 Å². The Morgan fingerprint density at radius 1 is 1.21 bits per heavy atom. The van der Waals surface area contributed by atoms with Gasteiger partial charge in [0.1, 0.15) is 17.3 Å². The van der Waals surface area contributed by atoms with Gasteiger partial charge in [-0.2, -0.15) is 0 Å². The first-order chi connectivity index (χ1) is 11.4. The highest BCUT2D eigenvalue weighted by atomic mass is 35.5. The Morgan fingerprint density at radius 3 is 2.50 bits per heavy atom. The van der Waals surface area contributed by atoms with Gasteiger partial charge in [-0.1, -0.05) is 11.6 Å². The van der Waals surface area contributed by atoms with E-state index in [1.807, 2.05) is 0 Å². The van der Waals surface area contributed by atoms with Crippen LogP contribution >= 0.6 is 11.6 Å². The Bertz CT molecular complexity index is 803. The summed E-state index contributed by atoms with van der Waals surface area (Å²) in [6.45, 7) is 0. The number of hydrogen-bond acceptors (Lipinski definition) is 4. The average Bonchev–Trinajstić information content (AvgIpc) is 2.55. The smallest absolute Gasteiger partial charge is 0.296 e. The maximum absolute atomic E-state index is 12.8. The number of rotatable bonds is 5. The summed E-state index contributed by atoms with van der Waals surface area (Å²) in [4.78, 5) is 23.8. The van der Waals surface area contributed by atoms with Crippen molar-refractivity contribution in [3.05, 3.63) is 64.9 Å². The molecule has 2 aromatic rings. The summed E-state index contributed by atoms with van der Waals surface area (Å²) in [6.07, 6.45) is 0.750. The molecule has 7 heteroatoms. The van der Waals surface area contributed by atoms with Gasteiger partial charge in [0.05, 0.1) is 12.8 Å². The number of ether oxygens (including phenoxy) is 1. The van der Waals surface area contributed by atoms with Gasteiger partial charge in [-0.25, -0.2) is 4.39 Å². The number of hydrogen-bond donors (Lipinski definition) is 2. The SMILES string of the molecule is COc1ccc(Cl)cc1NC(=O)C(=O)C=C(O)c1ccc(F)cc1. The van der Waals surface area contributed by atoms with E-state index in [1.165, 1.54) is 31.4 Å². The summed E-state index contributed by atoms with van der Waals surface area (Å²) < 4.78 is 17.9. The third kappa shape index (κ3) is 4.33. The van der Waals surface area contributed by atoms with Gasteiger partial charge in [0.2, 0.25) is 5.78 Å². The molecule has 0 aromatic heterocycles. The monoisotopic (exact) mass is 349 g/mol. The van der Waals surface area contributed by atoms with E-state index in [1.54, 1.807) is 6.07 Å². The molecule has 24 heavy (non-hydrogen) atoms. The van der Waals surface area contributed by atoms with E-state index < -0.39 is 23.3 Å². The van der Waals surface area contributed by atoms with Crippen LogP contribution in [0.4, 0.5) is 10.1 Å². The van der Waals surface area contributed by atoms with Crippen LogP contribution in [0.15, 0.2) is 48.5 Å². The van der Waals surface area contributed by atoms with E-state index >= 15 is 0 Å². The highest BCUT2D eigenvalue weighted by Gasteiger charge is 2.15. The van der Waals surface area contributed by atoms with Crippen LogP contribution in [-0.2, 0) is 9.59 Å². The van der Waals surface area contributed by atoms with Crippen molar-refractivity contribution >= 4 is 34.7 Å². The molecule has 5 nitrogen and oxygen atoms in total. The molecule has 0 radical (unpaired) electrons. The van der Waals surface area contributed by atoms with Crippen molar-refractivity contribution in [3.63, 3.8) is 0 Å². The second-order valence-electron chi connectivity index (χ2n) is 4.70. The summed E-state index contributed by atoms with van der Waals surface area (Å²) >= 11 is 5.84. The first-order valence-electron chi connectivity index (χ1n) is 6.76. The lowest BCUT2D eigenvalue weighted by molar-refractivity contribution is -0.132. The maximum atomic E-state index is 12.8. The summed E-state index contributed by atoms with van der Waals surface area (Å²) in [6, 6.07) is 9.35. The molecule has 0 unspecified atom stereocenters. The normalized spacial score (nSPS) is 11.0. The number of halogens is 2. The molecule has 0 aliphatic carbocycles. The van der Waals surface area contributed by atoms with E-state index in [2.05, 4.69) is 5.32 Å². The first kappa shape index (κ1) is 17.5. The van der Waals surface area contributed by atoms with Gasteiger partial charge in [-0.15, -0.1) is 0 Å². The summed E-state index contributed by atoms with van der Waals surface area (Å²) in [5.41, 5.74) is 0.427. The Morgan fingerprint density at radius 2 is 1.88 bits per heavy atom. The van der Waals surface area contributed by atoms with Crippen LogP contribution in [0, 0.1) is 5.82 Å². The summed E-state index contributed by atoms with van der Waals surface area (Å²) in [5.74, 6) is -2.58. The van der Waals surface area contributed by atoms with Crippen molar-refractivity contribution in [1.29, 1.82) is 0 Å². The van der Waals surface area contributed by atoms with Gasteiger partial charge in [0.25, 0.3) is 5.91 Å². The average molecular weight is 350 g/mol. The molecular formula is C17H13ClFNO4. The minimum Gasteiger partial charge on any atom is -0.507 e. The van der Waals surface area contributed by atoms with Gasteiger partial charge in [0, 0.05) is 16.7 Å². The first-order valence-corrected chi connectivity index (χ1v) is 7.14. The standard InChI is InChI=1S/C17H13ClFNO4/c1-24-16-7-4-11(18)8-13(16)20-17(23)15(22)9-14(21)10-2-5-12(19)6-3-10/h2-9,21H,1H3,(H,20,23). The Kier molecular flexibility index (Phi) is 5.55. The fraction of sp³-hybridized carbons (Fsp3) is 0.0588. The minimum absolute atomic E-state index is 0.206. The maximum Gasteiger partial charge on any atom is 0.296 e. The topological polar surface area (TPSA) is 75.6 Å². The molecule has 0 fully saturated rings. The van der Waals surface area contributed by atoms with Gasteiger partial charge >= 0.3 is 0 Å². The summed E-state index contributed by atoms with van der Waals surface area (Å²) in [5, 5.41) is 12.5. The van der Waals surface area contributed by atoms with Crippen LogP contribution < -0.4 is 10.1 Å². The minimum atomic E-state index is -0.987. The lowest BCUT2D eigenvalue weighted by atomic mass is 10.1. The predicted octanol–water partition coefficient (Wildman–Crippen LogP) is 3.59. The zero-order chi connectivity index (χ0) is 17.7. The van der Waals surface area contributed by atoms with Crippen LogP contribution in [0.5, 0.6) is 5.75 Å². The highest BCUT2D eigenvalue weighted by molar-refractivity contribution is 6.45. The van der Waals surface area contributed by atoms with E-state index in [0.29, 0.717) is 10.8 Å². The van der Waals surface area contributed by atoms with Gasteiger partial charge < -0.3 is 15.2 Å². The van der Waals surface area contributed by atoms with E-state index in [4.69, 9.17) is 16.3 Å². The number of nitrogens with one attached hydrogen (secondary N) is 1. The number of amides is 1. The molecule has 0 bridgehead atoms. The molecule has 2 aromatic carbocycles. The molecule has 0 spiro atoms. The van der Waals surface area contributed by atoms with Gasteiger partial charge in [0.15, 0.2) is 0 Å². The second kappa shape index (κ2) is 7.61. The molecule has 2 N–H and O–H groups in total. The molecule has 0 aliphatic rings. The molecule has 0 atom stereocenters. The van der Waals surface area contributed by atoms with E-state index in [-0.39, 0.29) is 11.3 Å². The number of aliphatic hydroxyl groups is 1. The van der Waals surface area contributed by atoms with Crippen LogP contribution in [0.3, 0.4) is 0 Å². The molecule has 2 rings (SSSR count). The molecule has 124 valence electrons. The molecular weight excluding hydrogens is 337 g/mol. The number of carbonyl (C=O) groups excluding carboxylic acids is 2. The van der Waals surface area contributed by atoms with Gasteiger partial charge in [-0.3, -0.25) is 9.59 Å². The lowest BCUT2D eigenvalue weighted by Crippen LogP contribution is -2.21. The Labute approximate surface area is 142 Å². The Balaban J connectivity index is 2.15. The van der Waals surface area contributed by atoms with Crippen LogP contribution in [0.2, 0.25) is 5.02 Å². The van der Waals surface area contributed by atoms with Crippen molar-refractivity contribution in [2.45, 2.75) is 0 Å². The molecule has 1 amide bonds. The fourth-order valence-corrected chi connectivity index (χ4v) is 2.03. The van der Waals surface area contributed by atoms with Crippen molar-refractivity contribution < 1.29 is 23.8 Å².